The zero-order valence-electron chi connectivity index (χ0n) is 14.9. The van der Waals surface area contributed by atoms with Crippen LogP contribution in [-0.2, 0) is 18.2 Å². The van der Waals surface area contributed by atoms with Gasteiger partial charge in [0.05, 0.1) is 5.56 Å². The van der Waals surface area contributed by atoms with E-state index in [4.69, 9.17) is 4.74 Å². The van der Waals surface area contributed by atoms with Crippen LogP contribution < -0.4 is 10.6 Å². The highest BCUT2D eigenvalue weighted by molar-refractivity contribution is 5.92. The van der Waals surface area contributed by atoms with Crippen molar-refractivity contribution in [3.8, 4) is 0 Å². The van der Waals surface area contributed by atoms with E-state index in [9.17, 15) is 9.59 Å². The van der Waals surface area contributed by atoms with E-state index in [1.165, 1.54) is 0 Å². The fraction of sp³-hybridized carbons (Fsp3) is 0.421. The molecule has 0 atom stereocenters. The van der Waals surface area contributed by atoms with Crippen molar-refractivity contribution in [1.82, 2.24) is 15.1 Å². The van der Waals surface area contributed by atoms with Gasteiger partial charge in [-0.2, -0.15) is 5.10 Å². The van der Waals surface area contributed by atoms with Gasteiger partial charge in [0.1, 0.15) is 6.10 Å². The Bertz CT molecular complexity index is 748. The topological polar surface area (TPSA) is 85.3 Å². The van der Waals surface area contributed by atoms with Crippen molar-refractivity contribution in [3.05, 3.63) is 47.8 Å². The first-order valence-corrected chi connectivity index (χ1v) is 8.94. The molecule has 0 radical (unpaired) electrons. The van der Waals surface area contributed by atoms with Crippen LogP contribution in [0.4, 0.5) is 10.5 Å². The first-order chi connectivity index (χ1) is 12.6. The fourth-order valence-corrected chi connectivity index (χ4v) is 3.04. The molecule has 0 saturated heterocycles. The van der Waals surface area contributed by atoms with Crippen LogP contribution in [0.5, 0.6) is 0 Å². The Balaban J connectivity index is 1.43. The first kappa shape index (κ1) is 18.0. The standard InChI is InChI=1S/C19H24N4O3/c1-23-16(11-13-21-23)10-12-20-19(25)22-15-8-6-14(7-9-15)18(24)26-17-4-2-3-5-17/h6-9,11,13,17H,2-5,10,12H2,1H3,(H2,20,22,25). The van der Waals surface area contributed by atoms with Crippen molar-refractivity contribution in [1.29, 1.82) is 0 Å². The highest BCUT2D eigenvalue weighted by Gasteiger charge is 2.20. The minimum absolute atomic E-state index is 0.0468. The molecular weight excluding hydrogens is 332 g/mol. The number of rotatable bonds is 6. The van der Waals surface area contributed by atoms with Crippen LogP contribution >= 0.6 is 0 Å². The smallest absolute Gasteiger partial charge is 0.338 e. The van der Waals surface area contributed by atoms with Crippen molar-refractivity contribution in [2.45, 2.75) is 38.2 Å². The van der Waals surface area contributed by atoms with Crippen LogP contribution in [0.1, 0.15) is 41.7 Å². The number of aromatic nitrogens is 2. The van der Waals surface area contributed by atoms with Crippen LogP contribution in [0, 0.1) is 0 Å². The third-order valence-electron chi connectivity index (χ3n) is 4.54. The van der Waals surface area contributed by atoms with Gasteiger partial charge in [-0.3, -0.25) is 4.68 Å². The van der Waals surface area contributed by atoms with E-state index < -0.39 is 0 Å². The lowest BCUT2D eigenvalue weighted by molar-refractivity contribution is 0.0318. The number of nitrogens with zero attached hydrogens (tertiary/aromatic N) is 2. The molecule has 0 unspecified atom stereocenters. The molecule has 1 aromatic carbocycles. The number of carbonyl (C=O) groups is 2. The lowest BCUT2D eigenvalue weighted by Crippen LogP contribution is -2.30. The average Bonchev–Trinajstić information content (AvgIpc) is 3.28. The molecule has 0 bridgehead atoms. The lowest BCUT2D eigenvalue weighted by atomic mass is 10.2. The Morgan fingerprint density at radius 2 is 1.92 bits per heavy atom. The summed E-state index contributed by atoms with van der Waals surface area (Å²) in [5.41, 5.74) is 2.18. The Kier molecular flexibility index (Phi) is 5.88. The summed E-state index contributed by atoms with van der Waals surface area (Å²) in [5, 5.41) is 9.64. The van der Waals surface area contributed by atoms with E-state index in [0.29, 0.717) is 24.2 Å². The fourth-order valence-electron chi connectivity index (χ4n) is 3.04. The van der Waals surface area contributed by atoms with Crippen molar-refractivity contribution < 1.29 is 14.3 Å². The second kappa shape index (κ2) is 8.51. The molecule has 26 heavy (non-hydrogen) atoms. The average molecular weight is 356 g/mol. The van der Waals surface area contributed by atoms with E-state index in [1.807, 2.05) is 13.1 Å². The SMILES string of the molecule is Cn1nccc1CCNC(=O)Nc1ccc(C(=O)OC2CCCC2)cc1. The number of hydrogen-bond donors (Lipinski definition) is 2. The molecule has 1 heterocycles. The normalized spacial score (nSPS) is 14.2. The molecule has 1 saturated carbocycles. The van der Waals surface area contributed by atoms with Crippen molar-refractivity contribution in [3.63, 3.8) is 0 Å². The number of hydrogen-bond acceptors (Lipinski definition) is 4. The van der Waals surface area contributed by atoms with Gasteiger partial charge in [-0.1, -0.05) is 0 Å². The maximum Gasteiger partial charge on any atom is 0.338 e. The number of anilines is 1. The molecule has 7 nitrogen and oxygen atoms in total. The molecule has 2 N–H and O–H groups in total. The number of aryl methyl sites for hydroxylation is 1. The maximum absolute atomic E-state index is 12.1. The van der Waals surface area contributed by atoms with Gasteiger partial charge < -0.3 is 15.4 Å². The molecule has 0 aliphatic heterocycles. The summed E-state index contributed by atoms with van der Waals surface area (Å²) in [6, 6.07) is 8.37. The van der Waals surface area contributed by atoms with Gasteiger partial charge >= 0.3 is 12.0 Å². The lowest BCUT2D eigenvalue weighted by Gasteiger charge is -2.12. The summed E-state index contributed by atoms with van der Waals surface area (Å²) in [5.74, 6) is -0.302. The Labute approximate surface area is 152 Å². The summed E-state index contributed by atoms with van der Waals surface area (Å²) in [7, 11) is 1.87. The predicted molar refractivity (Wildman–Crippen MR) is 98.0 cm³/mol. The monoisotopic (exact) mass is 356 g/mol. The number of amides is 2. The van der Waals surface area contributed by atoms with Crippen LogP contribution in [-0.4, -0.2) is 34.4 Å². The number of carbonyl (C=O) groups excluding carboxylic acids is 2. The van der Waals surface area contributed by atoms with Crippen LogP contribution in [0.15, 0.2) is 36.5 Å². The molecule has 2 aromatic rings. The number of ether oxygens (including phenoxy) is 1. The van der Waals surface area contributed by atoms with E-state index >= 15 is 0 Å². The number of nitrogens with one attached hydrogen (secondary N) is 2. The zero-order chi connectivity index (χ0) is 18.4. The third-order valence-corrected chi connectivity index (χ3v) is 4.54. The first-order valence-electron chi connectivity index (χ1n) is 8.94. The molecule has 3 rings (SSSR count). The highest BCUT2D eigenvalue weighted by Crippen LogP contribution is 2.22. The van der Waals surface area contributed by atoms with Gasteiger partial charge in [-0.15, -0.1) is 0 Å². The largest absolute Gasteiger partial charge is 0.459 e. The van der Waals surface area contributed by atoms with Gasteiger partial charge in [-0.25, -0.2) is 9.59 Å². The molecule has 0 spiro atoms. The number of esters is 1. The second-order valence-corrected chi connectivity index (χ2v) is 6.47. The third kappa shape index (κ3) is 4.84. The molecule has 7 heteroatoms. The van der Waals surface area contributed by atoms with E-state index in [1.54, 1.807) is 35.1 Å². The van der Waals surface area contributed by atoms with Crippen molar-refractivity contribution >= 4 is 17.7 Å². The summed E-state index contributed by atoms with van der Waals surface area (Å²) >= 11 is 0. The van der Waals surface area contributed by atoms with E-state index in [-0.39, 0.29) is 18.1 Å². The summed E-state index contributed by atoms with van der Waals surface area (Å²) in [4.78, 5) is 24.0. The molecule has 1 aromatic heterocycles. The summed E-state index contributed by atoms with van der Waals surface area (Å²) < 4.78 is 7.25. The highest BCUT2D eigenvalue weighted by atomic mass is 16.5. The van der Waals surface area contributed by atoms with Crippen molar-refractivity contribution in [2.24, 2.45) is 7.05 Å². The van der Waals surface area contributed by atoms with Gasteiger partial charge in [0.15, 0.2) is 0 Å². The van der Waals surface area contributed by atoms with Crippen LogP contribution in [0.25, 0.3) is 0 Å². The minimum atomic E-state index is -0.302. The van der Waals surface area contributed by atoms with Gasteiger partial charge in [0.2, 0.25) is 0 Å². The van der Waals surface area contributed by atoms with Crippen LogP contribution in [0.2, 0.25) is 0 Å². The Morgan fingerprint density at radius 3 is 2.58 bits per heavy atom. The molecule has 1 aliphatic carbocycles. The Hall–Kier alpha value is -2.83. The molecule has 2 amide bonds. The molecular formula is C19H24N4O3. The van der Waals surface area contributed by atoms with Gasteiger partial charge in [0.25, 0.3) is 0 Å². The summed E-state index contributed by atoms with van der Waals surface area (Å²) in [6.07, 6.45) is 6.62. The van der Waals surface area contributed by atoms with Gasteiger partial charge in [-0.05, 0) is 56.0 Å². The van der Waals surface area contributed by atoms with Crippen LogP contribution in [0.3, 0.4) is 0 Å². The number of benzene rings is 1. The zero-order valence-corrected chi connectivity index (χ0v) is 14.9. The minimum Gasteiger partial charge on any atom is -0.459 e. The second-order valence-electron chi connectivity index (χ2n) is 6.47. The van der Waals surface area contributed by atoms with E-state index in [0.717, 1.165) is 31.4 Å². The van der Waals surface area contributed by atoms with E-state index in [2.05, 4.69) is 15.7 Å². The predicted octanol–water partition coefficient (Wildman–Crippen LogP) is 2.88. The van der Waals surface area contributed by atoms with Crippen molar-refractivity contribution in [2.75, 3.05) is 11.9 Å². The molecule has 1 fully saturated rings. The molecule has 138 valence electrons. The maximum atomic E-state index is 12.1. The quantitative estimate of drug-likeness (QED) is 0.780. The number of urea groups is 1. The summed E-state index contributed by atoms with van der Waals surface area (Å²) in [6.45, 7) is 0.511. The Morgan fingerprint density at radius 1 is 1.19 bits per heavy atom. The molecule has 1 aliphatic rings. The van der Waals surface area contributed by atoms with Gasteiger partial charge in [0, 0.05) is 37.6 Å².